The van der Waals surface area contributed by atoms with Gasteiger partial charge in [0.05, 0.1) is 6.67 Å². The quantitative estimate of drug-likeness (QED) is 0.285. The van der Waals surface area contributed by atoms with Crippen LogP contribution in [0.4, 0.5) is 0 Å². The van der Waals surface area contributed by atoms with Gasteiger partial charge in [0.2, 0.25) is 0 Å². The third-order valence-electron chi connectivity index (χ3n) is 2.73. The molecule has 1 rings (SSSR count). The molecule has 2 unspecified atom stereocenters. The van der Waals surface area contributed by atoms with Crippen LogP contribution in [-0.4, -0.2) is 76.8 Å². The van der Waals surface area contributed by atoms with Gasteiger partial charge in [0, 0.05) is 18.9 Å². The second-order valence-corrected chi connectivity index (χ2v) is 8.06. The Morgan fingerprint density at radius 2 is 1.62 bits per heavy atom. The predicted octanol–water partition coefficient (Wildman–Crippen LogP) is -1.84. The average molecular weight is 346 g/mol. The van der Waals surface area contributed by atoms with E-state index in [1.54, 1.807) is 0 Å². The fourth-order valence-electron chi connectivity index (χ4n) is 1.75. The van der Waals surface area contributed by atoms with Gasteiger partial charge in [-0.3, -0.25) is 13.9 Å². The first-order valence-electron chi connectivity index (χ1n) is 5.58. The molecule has 1 heterocycles. The van der Waals surface area contributed by atoms with Crippen LogP contribution in [0.5, 0.6) is 0 Å². The highest BCUT2D eigenvalue weighted by Crippen LogP contribution is 2.53. The van der Waals surface area contributed by atoms with E-state index < -0.39 is 39.2 Å². The highest BCUT2D eigenvalue weighted by molar-refractivity contribution is 7.57. The van der Waals surface area contributed by atoms with Crippen LogP contribution in [0.3, 0.4) is 0 Å². The summed E-state index contributed by atoms with van der Waals surface area (Å²) in [4.78, 5) is 49.1. The summed E-state index contributed by atoms with van der Waals surface area (Å²) in [7, 11) is -10.1. The van der Waals surface area contributed by atoms with Crippen LogP contribution in [0.2, 0.25) is 0 Å². The summed E-state index contributed by atoms with van der Waals surface area (Å²) in [6.45, 7) is -0.908. The number of hydrogen-bond donors (Lipinski definition) is 6. The maximum absolute atomic E-state index is 11.3. The van der Waals surface area contributed by atoms with E-state index in [0.717, 1.165) is 0 Å². The van der Waals surface area contributed by atoms with E-state index in [1.165, 1.54) is 22.2 Å². The van der Waals surface area contributed by atoms with E-state index in [-0.39, 0.29) is 13.2 Å². The minimum Gasteiger partial charge on any atom is -0.480 e. The van der Waals surface area contributed by atoms with E-state index >= 15 is 0 Å². The standard InChI is InChI=1S/C8H16N2O9P2/c11-7(12)4-10-2-1-9(5-10)3-6(20(14,15)16)8(13)21(17,18)19/h1-2,6,8,13H,3-5H2,(H,11,12)(H2,14,15,16)(H2,17,18,19). The lowest BCUT2D eigenvalue weighted by molar-refractivity contribution is -0.137. The Morgan fingerprint density at radius 1 is 1.10 bits per heavy atom. The topological polar surface area (TPSA) is 179 Å². The summed E-state index contributed by atoms with van der Waals surface area (Å²) in [6, 6.07) is 0. The van der Waals surface area contributed by atoms with Crippen LogP contribution < -0.4 is 0 Å². The largest absolute Gasteiger partial charge is 0.480 e. The fourth-order valence-corrected chi connectivity index (χ4v) is 4.10. The molecule has 0 amide bonds. The average Bonchev–Trinajstić information content (AvgIpc) is 2.68. The summed E-state index contributed by atoms with van der Waals surface area (Å²) < 4.78 is 22.3. The lowest BCUT2D eigenvalue weighted by atomic mass is 10.4. The summed E-state index contributed by atoms with van der Waals surface area (Å²) >= 11 is 0. The molecule has 0 saturated carbocycles. The minimum atomic E-state index is -5.10. The zero-order chi connectivity index (χ0) is 16.4. The molecule has 0 aliphatic carbocycles. The van der Waals surface area contributed by atoms with Crippen molar-refractivity contribution in [3.05, 3.63) is 12.4 Å². The molecule has 0 aromatic carbocycles. The van der Waals surface area contributed by atoms with Crippen molar-refractivity contribution in [2.45, 2.75) is 11.5 Å². The molecule has 0 saturated heterocycles. The van der Waals surface area contributed by atoms with E-state index in [2.05, 4.69) is 0 Å². The number of nitrogens with zero attached hydrogens (tertiary/aromatic N) is 2. The third-order valence-corrected chi connectivity index (χ3v) is 5.33. The number of rotatable bonds is 7. The summed E-state index contributed by atoms with van der Waals surface area (Å²) in [5, 5.41) is 18.0. The normalized spacial score (nSPS) is 18.9. The van der Waals surface area contributed by atoms with Gasteiger partial charge in [-0.1, -0.05) is 0 Å². The van der Waals surface area contributed by atoms with Gasteiger partial charge in [-0.15, -0.1) is 0 Å². The van der Waals surface area contributed by atoms with Crippen molar-refractivity contribution in [2.24, 2.45) is 0 Å². The van der Waals surface area contributed by atoms with E-state index in [0.29, 0.717) is 0 Å². The van der Waals surface area contributed by atoms with Crippen LogP contribution in [0, 0.1) is 0 Å². The zero-order valence-electron chi connectivity index (χ0n) is 10.6. The van der Waals surface area contributed by atoms with Crippen LogP contribution in [0.15, 0.2) is 12.4 Å². The number of carboxylic acid groups (broad SMARTS) is 1. The van der Waals surface area contributed by atoms with Gasteiger partial charge in [0.25, 0.3) is 0 Å². The molecule has 0 fully saturated rings. The molecule has 21 heavy (non-hydrogen) atoms. The maximum atomic E-state index is 11.3. The minimum absolute atomic E-state index is 0.0311. The molecule has 1 aliphatic heterocycles. The van der Waals surface area contributed by atoms with Crippen LogP contribution >= 0.6 is 15.2 Å². The second-order valence-electron chi connectivity index (χ2n) is 4.51. The number of aliphatic hydroxyl groups excluding tert-OH is 1. The Hall–Kier alpha value is -0.930. The molecule has 13 heteroatoms. The molecule has 11 nitrogen and oxygen atoms in total. The summed E-state index contributed by atoms with van der Waals surface area (Å²) in [6.07, 6.45) is 2.67. The number of aliphatic hydroxyl groups is 1. The Bertz CT molecular complexity index is 512. The molecule has 122 valence electrons. The van der Waals surface area contributed by atoms with Crippen molar-refractivity contribution in [1.29, 1.82) is 0 Å². The number of carbonyl (C=O) groups is 1. The number of aliphatic carboxylic acids is 1. The van der Waals surface area contributed by atoms with Crippen molar-refractivity contribution >= 4 is 21.2 Å². The van der Waals surface area contributed by atoms with E-state index in [9.17, 15) is 19.0 Å². The van der Waals surface area contributed by atoms with Gasteiger partial charge in [-0.2, -0.15) is 0 Å². The van der Waals surface area contributed by atoms with Crippen LogP contribution in [0.1, 0.15) is 0 Å². The van der Waals surface area contributed by atoms with E-state index in [4.69, 9.17) is 24.7 Å². The Morgan fingerprint density at radius 3 is 2.05 bits per heavy atom. The second kappa shape index (κ2) is 6.45. The Kier molecular flexibility index (Phi) is 5.57. The van der Waals surface area contributed by atoms with Crippen molar-refractivity contribution in [2.75, 3.05) is 19.8 Å². The first-order chi connectivity index (χ1) is 9.41. The van der Waals surface area contributed by atoms with Crippen molar-refractivity contribution in [3.63, 3.8) is 0 Å². The van der Waals surface area contributed by atoms with Gasteiger partial charge in [0.15, 0.2) is 5.85 Å². The van der Waals surface area contributed by atoms with Gasteiger partial charge < -0.3 is 39.6 Å². The lowest BCUT2D eigenvalue weighted by Gasteiger charge is -2.29. The van der Waals surface area contributed by atoms with Crippen LogP contribution in [-0.2, 0) is 13.9 Å². The highest BCUT2D eigenvalue weighted by Gasteiger charge is 2.45. The lowest BCUT2D eigenvalue weighted by Crippen LogP contribution is -2.39. The van der Waals surface area contributed by atoms with Crippen molar-refractivity contribution < 1.29 is 43.7 Å². The number of hydrogen-bond acceptors (Lipinski definition) is 6. The van der Waals surface area contributed by atoms with Gasteiger partial charge >= 0.3 is 21.2 Å². The Balaban J connectivity index is 2.77. The molecule has 1 aliphatic rings. The van der Waals surface area contributed by atoms with Crippen molar-refractivity contribution in [1.82, 2.24) is 9.80 Å². The van der Waals surface area contributed by atoms with Gasteiger partial charge in [-0.25, -0.2) is 0 Å². The van der Waals surface area contributed by atoms with Crippen LogP contribution in [0.25, 0.3) is 0 Å². The smallest absolute Gasteiger partial charge is 0.354 e. The SMILES string of the molecule is O=C(O)CN1C=CN(CC(C(O)P(=O)(O)O)P(=O)(O)O)C1. The van der Waals surface area contributed by atoms with Gasteiger partial charge in [0.1, 0.15) is 12.2 Å². The van der Waals surface area contributed by atoms with Gasteiger partial charge in [-0.05, 0) is 0 Å². The molecular formula is C8H16N2O9P2. The molecule has 0 aromatic rings. The first kappa shape index (κ1) is 18.1. The highest BCUT2D eigenvalue weighted by atomic mass is 31.2. The monoisotopic (exact) mass is 346 g/mol. The molecule has 0 spiro atoms. The third kappa shape index (κ3) is 5.40. The first-order valence-corrected chi connectivity index (χ1v) is 8.94. The maximum Gasteiger partial charge on any atom is 0.354 e. The molecule has 0 radical (unpaired) electrons. The molecule has 6 N–H and O–H groups in total. The fraction of sp³-hybridized carbons (Fsp3) is 0.625. The molecule has 0 bridgehead atoms. The van der Waals surface area contributed by atoms with Crippen molar-refractivity contribution in [3.8, 4) is 0 Å². The molecular weight excluding hydrogens is 330 g/mol. The molecule has 2 atom stereocenters. The van der Waals surface area contributed by atoms with E-state index in [1.807, 2.05) is 0 Å². The zero-order valence-corrected chi connectivity index (χ0v) is 12.4. The number of carboxylic acids is 1. The molecule has 0 aromatic heterocycles. The Labute approximate surface area is 119 Å². The summed E-state index contributed by atoms with van der Waals surface area (Å²) in [5.41, 5.74) is -1.99. The summed E-state index contributed by atoms with van der Waals surface area (Å²) in [5.74, 6) is -3.62. The predicted molar refractivity (Wildman–Crippen MR) is 68.9 cm³/mol.